The smallest absolute Gasteiger partial charge is 0.177 e. The zero-order valence-corrected chi connectivity index (χ0v) is 12.7. The van der Waals surface area contributed by atoms with Crippen LogP contribution in [-0.2, 0) is 11.5 Å². The molecular formula is C12H18ClN3OSi. The topological polar surface area (TPSA) is 39.9 Å². The number of fused-ring (bicyclic) bond motifs is 1. The highest BCUT2D eigenvalue weighted by molar-refractivity contribution is 6.76. The molecule has 2 aromatic rings. The van der Waals surface area contributed by atoms with E-state index in [9.17, 15) is 0 Å². The largest absolute Gasteiger partial charge is 0.361 e. The molecule has 0 saturated heterocycles. The maximum atomic E-state index is 5.93. The Labute approximate surface area is 113 Å². The summed E-state index contributed by atoms with van der Waals surface area (Å²) in [6, 6.07) is 3.03. The van der Waals surface area contributed by atoms with Crippen molar-refractivity contribution in [2.24, 2.45) is 0 Å². The molecule has 4 nitrogen and oxygen atoms in total. The lowest BCUT2D eigenvalue weighted by atomic mass is 10.4. The Morgan fingerprint density at radius 1 is 1.33 bits per heavy atom. The van der Waals surface area contributed by atoms with Gasteiger partial charge in [0.2, 0.25) is 0 Å². The van der Waals surface area contributed by atoms with E-state index >= 15 is 0 Å². The fourth-order valence-corrected chi connectivity index (χ4v) is 2.47. The first-order chi connectivity index (χ1) is 8.46. The van der Waals surface area contributed by atoms with Gasteiger partial charge in [-0.1, -0.05) is 31.2 Å². The Bertz CT molecular complexity index is 536. The normalized spacial score (nSPS) is 12.2. The van der Waals surface area contributed by atoms with Crippen LogP contribution in [0.4, 0.5) is 0 Å². The van der Waals surface area contributed by atoms with Gasteiger partial charge in [0.05, 0.1) is 16.9 Å². The van der Waals surface area contributed by atoms with E-state index in [0.29, 0.717) is 17.4 Å². The number of halogens is 1. The number of rotatable bonds is 5. The minimum atomic E-state index is -1.03. The molecule has 98 valence electrons. The highest BCUT2D eigenvalue weighted by atomic mass is 35.5. The van der Waals surface area contributed by atoms with E-state index in [4.69, 9.17) is 16.3 Å². The van der Waals surface area contributed by atoms with Crippen LogP contribution in [0, 0.1) is 0 Å². The monoisotopic (exact) mass is 283 g/mol. The first kappa shape index (κ1) is 13.5. The van der Waals surface area contributed by atoms with Crippen LogP contribution >= 0.6 is 11.6 Å². The summed E-state index contributed by atoms with van der Waals surface area (Å²) in [7, 11) is -1.03. The second-order valence-corrected chi connectivity index (χ2v) is 11.6. The van der Waals surface area contributed by atoms with Crippen molar-refractivity contribution in [3.63, 3.8) is 0 Å². The summed E-state index contributed by atoms with van der Waals surface area (Å²) in [6.45, 7) is 8.32. The molecule has 2 aromatic heterocycles. The number of imidazole rings is 1. The number of hydrogen-bond donors (Lipinski definition) is 0. The first-order valence-corrected chi connectivity index (χ1v) is 10.1. The Morgan fingerprint density at radius 3 is 2.83 bits per heavy atom. The molecular weight excluding hydrogens is 266 g/mol. The van der Waals surface area contributed by atoms with Crippen LogP contribution in [-0.4, -0.2) is 29.2 Å². The maximum absolute atomic E-state index is 5.93. The van der Waals surface area contributed by atoms with E-state index in [-0.39, 0.29) is 0 Å². The van der Waals surface area contributed by atoms with Gasteiger partial charge in [0.15, 0.2) is 5.65 Å². The summed E-state index contributed by atoms with van der Waals surface area (Å²) in [5.74, 6) is 0. The van der Waals surface area contributed by atoms with Gasteiger partial charge in [-0.05, 0) is 12.1 Å². The molecule has 6 heteroatoms. The quantitative estimate of drug-likeness (QED) is 0.624. The molecule has 0 aliphatic rings. The third-order valence-corrected chi connectivity index (χ3v) is 4.58. The summed E-state index contributed by atoms with van der Waals surface area (Å²) < 4.78 is 7.62. The molecule has 0 atom stereocenters. The number of ether oxygens (including phenoxy) is 1. The van der Waals surface area contributed by atoms with E-state index in [1.54, 1.807) is 12.5 Å². The predicted molar refractivity (Wildman–Crippen MR) is 76.6 cm³/mol. The van der Waals surface area contributed by atoms with Gasteiger partial charge >= 0.3 is 0 Å². The van der Waals surface area contributed by atoms with E-state index in [1.807, 2.05) is 10.6 Å². The summed E-state index contributed by atoms with van der Waals surface area (Å²) in [5, 5.41) is 0.617. The zero-order chi connectivity index (χ0) is 13.2. The summed E-state index contributed by atoms with van der Waals surface area (Å²) in [4.78, 5) is 8.37. The second kappa shape index (κ2) is 5.38. The third kappa shape index (κ3) is 3.54. The van der Waals surface area contributed by atoms with Crippen LogP contribution in [0.15, 0.2) is 18.6 Å². The third-order valence-electron chi connectivity index (χ3n) is 2.67. The van der Waals surface area contributed by atoms with Crippen molar-refractivity contribution in [2.45, 2.75) is 32.4 Å². The SMILES string of the molecule is C[Si](C)(C)CCOCn1cnc2ncc(Cl)cc21. The molecule has 18 heavy (non-hydrogen) atoms. The van der Waals surface area contributed by atoms with Crippen LogP contribution < -0.4 is 0 Å². The molecule has 0 aliphatic heterocycles. The molecule has 0 amide bonds. The zero-order valence-electron chi connectivity index (χ0n) is 11.0. The Morgan fingerprint density at radius 2 is 2.11 bits per heavy atom. The molecule has 0 saturated carbocycles. The van der Waals surface area contributed by atoms with Crippen molar-refractivity contribution in [1.29, 1.82) is 0 Å². The lowest BCUT2D eigenvalue weighted by Crippen LogP contribution is -2.21. The highest BCUT2D eigenvalue weighted by Crippen LogP contribution is 2.16. The van der Waals surface area contributed by atoms with Crippen molar-refractivity contribution in [2.75, 3.05) is 6.61 Å². The van der Waals surface area contributed by atoms with Crippen LogP contribution in [0.25, 0.3) is 11.2 Å². The minimum absolute atomic E-state index is 0.503. The summed E-state index contributed by atoms with van der Waals surface area (Å²) in [5.41, 5.74) is 1.61. The van der Waals surface area contributed by atoms with E-state index in [0.717, 1.165) is 12.1 Å². The Hall–Kier alpha value is -0.913. The molecule has 0 radical (unpaired) electrons. The van der Waals surface area contributed by atoms with Gasteiger partial charge in [0.25, 0.3) is 0 Å². The van der Waals surface area contributed by atoms with Crippen LogP contribution in [0.3, 0.4) is 0 Å². The minimum Gasteiger partial charge on any atom is -0.361 e. The van der Waals surface area contributed by atoms with Crippen molar-refractivity contribution in [3.8, 4) is 0 Å². The Kier molecular flexibility index (Phi) is 4.04. The number of hydrogen-bond acceptors (Lipinski definition) is 3. The lowest BCUT2D eigenvalue weighted by molar-refractivity contribution is 0.0898. The van der Waals surface area contributed by atoms with Crippen molar-refractivity contribution in [3.05, 3.63) is 23.6 Å². The fourth-order valence-electron chi connectivity index (χ4n) is 1.56. The molecule has 0 bridgehead atoms. The molecule has 0 aromatic carbocycles. The van der Waals surface area contributed by atoms with Crippen LogP contribution in [0.5, 0.6) is 0 Å². The van der Waals surface area contributed by atoms with Crippen molar-refractivity contribution < 1.29 is 4.74 Å². The highest BCUT2D eigenvalue weighted by Gasteiger charge is 2.12. The maximum Gasteiger partial charge on any atom is 0.177 e. The van der Waals surface area contributed by atoms with E-state index in [1.165, 1.54) is 6.04 Å². The second-order valence-electron chi connectivity index (χ2n) is 5.56. The van der Waals surface area contributed by atoms with Gasteiger partial charge in [-0.3, -0.25) is 0 Å². The van der Waals surface area contributed by atoms with E-state index in [2.05, 4.69) is 29.6 Å². The number of pyridine rings is 1. The number of aromatic nitrogens is 3. The van der Waals surface area contributed by atoms with Gasteiger partial charge in [0.1, 0.15) is 6.73 Å². The standard InChI is InChI=1S/C12H18ClN3OSi/c1-18(2,3)5-4-17-9-16-8-15-12-11(16)6-10(13)7-14-12/h6-8H,4-5,9H2,1-3H3. The molecule has 0 spiro atoms. The molecule has 2 rings (SSSR count). The summed E-state index contributed by atoms with van der Waals surface area (Å²) >= 11 is 5.93. The van der Waals surface area contributed by atoms with Gasteiger partial charge in [-0.15, -0.1) is 0 Å². The molecule has 0 aliphatic carbocycles. The predicted octanol–water partition coefficient (Wildman–Crippen LogP) is 3.40. The molecule has 2 heterocycles. The Balaban J connectivity index is 1.98. The number of nitrogens with zero attached hydrogens (tertiary/aromatic N) is 3. The first-order valence-electron chi connectivity index (χ1n) is 6.00. The lowest BCUT2D eigenvalue weighted by Gasteiger charge is -2.15. The van der Waals surface area contributed by atoms with Gasteiger partial charge < -0.3 is 9.30 Å². The van der Waals surface area contributed by atoms with Crippen molar-refractivity contribution >= 4 is 30.8 Å². The molecule has 0 fully saturated rings. The van der Waals surface area contributed by atoms with Crippen LogP contribution in [0.2, 0.25) is 30.7 Å². The average molecular weight is 284 g/mol. The molecule has 0 unspecified atom stereocenters. The molecule has 0 N–H and O–H groups in total. The van der Waals surface area contributed by atoms with Gasteiger partial charge in [0, 0.05) is 20.9 Å². The van der Waals surface area contributed by atoms with Gasteiger partial charge in [-0.2, -0.15) is 0 Å². The van der Waals surface area contributed by atoms with Crippen molar-refractivity contribution in [1.82, 2.24) is 14.5 Å². The van der Waals surface area contributed by atoms with Gasteiger partial charge in [-0.25, -0.2) is 9.97 Å². The summed E-state index contributed by atoms with van der Waals surface area (Å²) in [6.07, 6.45) is 3.34. The van der Waals surface area contributed by atoms with Crippen LogP contribution in [0.1, 0.15) is 0 Å². The van der Waals surface area contributed by atoms with E-state index < -0.39 is 8.07 Å². The average Bonchev–Trinajstić information content (AvgIpc) is 2.66. The fraction of sp³-hybridized carbons (Fsp3) is 0.500.